The summed E-state index contributed by atoms with van der Waals surface area (Å²) in [6, 6.07) is 5.24. The number of methoxy groups -OCH3 is 2. The van der Waals surface area contributed by atoms with Crippen molar-refractivity contribution in [1.29, 1.82) is 0 Å². The van der Waals surface area contributed by atoms with Gasteiger partial charge in [0.2, 0.25) is 0 Å². The van der Waals surface area contributed by atoms with Crippen LogP contribution in [0.15, 0.2) is 29.2 Å². The zero-order valence-corrected chi connectivity index (χ0v) is 15.9. The van der Waals surface area contributed by atoms with Crippen molar-refractivity contribution >= 4 is 5.97 Å². The number of rotatable bonds is 5. The SMILES string of the molecule is COc1cc2c(cc1OC1CCC(OC)C1)CCn1cc(C(=O)O)c(=O)cc1-2. The van der Waals surface area contributed by atoms with Gasteiger partial charge < -0.3 is 23.9 Å². The average molecular weight is 385 g/mol. The topological polar surface area (TPSA) is 87.0 Å². The predicted octanol–water partition coefficient (Wildman–Crippen LogP) is 2.72. The summed E-state index contributed by atoms with van der Waals surface area (Å²) in [4.78, 5) is 23.4. The van der Waals surface area contributed by atoms with Crippen molar-refractivity contribution < 1.29 is 24.1 Å². The lowest BCUT2D eigenvalue weighted by molar-refractivity contribution is 0.0694. The van der Waals surface area contributed by atoms with Gasteiger partial charge in [-0.25, -0.2) is 4.79 Å². The third kappa shape index (κ3) is 3.26. The number of carboxylic acids is 1. The summed E-state index contributed by atoms with van der Waals surface area (Å²) < 4.78 is 19.0. The first kappa shape index (κ1) is 18.6. The van der Waals surface area contributed by atoms with Crippen molar-refractivity contribution in [3.05, 3.63) is 45.7 Å². The van der Waals surface area contributed by atoms with Crippen molar-refractivity contribution in [3.63, 3.8) is 0 Å². The molecule has 7 nitrogen and oxygen atoms in total. The summed E-state index contributed by atoms with van der Waals surface area (Å²) >= 11 is 0. The molecule has 0 amide bonds. The van der Waals surface area contributed by atoms with E-state index in [1.807, 2.05) is 16.7 Å². The lowest BCUT2D eigenvalue weighted by Crippen LogP contribution is -2.22. The van der Waals surface area contributed by atoms with Gasteiger partial charge in [-0.3, -0.25) is 4.79 Å². The van der Waals surface area contributed by atoms with Gasteiger partial charge in [0.25, 0.3) is 0 Å². The van der Waals surface area contributed by atoms with Crippen LogP contribution < -0.4 is 14.9 Å². The van der Waals surface area contributed by atoms with Gasteiger partial charge in [0.15, 0.2) is 16.9 Å². The minimum absolute atomic E-state index is 0.0912. The third-order valence-corrected chi connectivity index (χ3v) is 5.61. The number of carboxylic acid groups (broad SMARTS) is 1. The predicted molar refractivity (Wildman–Crippen MR) is 102 cm³/mol. The van der Waals surface area contributed by atoms with Crippen LogP contribution in [0.5, 0.6) is 11.5 Å². The van der Waals surface area contributed by atoms with E-state index in [0.717, 1.165) is 36.8 Å². The molecule has 1 fully saturated rings. The maximum absolute atomic E-state index is 12.2. The van der Waals surface area contributed by atoms with E-state index in [1.54, 1.807) is 14.2 Å². The Kier molecular flexibility index (Phi) is 4.85. The highest BCUT2D eigenvalue weighted by Gasteiger charge is 2.28. The van der Waals surface area contributed by atoms with Crippen LogP contribution in [0.2, 0.25) is 0 Å². The quantitative estimate of drug-likeness (QED) is 0.852. The first-order chi connectivity index (χ1) is 13.5. The molecule has 2 aliphatic rings. The van der Waals surface area contributed by atoms with Crippen molar-refractivity contribution in [2.75, 3.05) is 14.2 Å². The summed E-state index contributed by atoms with van der Waals surface area (Å²) in [5.74, 6) is 0.0853. The molecule has 1 aliphatic carbocycles. The maximum Gasteiger partial charge on any atom is 0.341 e. The fourth-order valence-electron chi connectivity index (χ4n) is 4.09. The number of fused-ring (bicyclic) bond motifs is 3. The van der Waals surface area contributed by atoms with Gasteiger partial charge in [0, 0.05) is 37.9 Å². The molecule has 1 N–H and O–H groups in total. The van der Waals surface area contributed by atoms with Crippen molar-refractivity contribution in [2.24, 2.45) is 0 Å². The molecule has 2 unspecified atom stereocenters. The highest BCUT2D eigenvalue weighted by molar-refractivity contribution is 5.87. The number of hydrogen-bond donors (Lipinski definition) is 1. The number of benzene rings is 1. The molecule has 148 valence electrons. The smallest absolute Gasteiger partial charge is 0.341 e. The average Bonchev–Trinajstić information content (AvgIpc) is 3.14. The lowest BCUT2D eigenvalue weighted by Gasteiger charge is -2.25. The van der Waals surface area contributed by atoms with E-state index in [2.05, 4.69) is 0 Å². The Morgan fingerprint density at radius 2 is 1.93 bits per heavy atom. The minimum atomic E-state index is -1.21. The Morgan fingerprint density at radius 1 is 1.14 bits per heavy atom. The van der Waals surface area contributed by atoms with Gasteiger partial charge in [0.05, 0.1) is 18.9 Å². The molecule has 2 aromatic rings. The van der Waals surface area contributed by atoms with Crippen molar-refractivity contribution in [1.82, 2.24) is 4.57 Å². The minimum Gasteiger partial charge on any atom is -0.493 e. The summed E-state index contributed by atoms with van der Waals surface area (Å²) in [5.41, 5.74) is 1.90. The third-order valence-electron chi connectivity index (χ3n) is 5.61. The summed E-state index contributed by atoms with van der Waals surface area (Å²) in [6.45, 7) is 0.601. The number of nitrogens with zero attached hydrogens (tertiary/aromatic N) is 1. The maximum atomic E-state index is 12.2. The van der Waals surface area contributed by atoms with Gasteiger partial charge in [0.1, 0.15) is 11.7 Å². The molecule has 1 aromatic carbocycles. The fourth-order valence-corrected chi connectivity index (χ4v) is 4.09. The lowest BCUT2D eigenvalue weighted by atomic mass is 9.96. The monoisotopic (exact) mass is 385 g/mol. The van der Waals surface area contributed by atoms with Crippen molar-refractivity contribution in [3.8, 4) is 22.8 Å². The molecule has 2 atom stereocenters. The van der Waals surface area contributed by atoms with Gasteiger partial charge >= 0.3 is 5.97 Å². The molecule has 28 heavy (non-hydrogen) atoms. The number of hydrogen-bond acceptors (Lipinski definition) is 5. The molecule has 0 saturated heterocycles. The highest BCUT2D eigenvalue weighted by atomic mass is 16.5. The molecule has 7 heteroatoms. The molecule has 0 radical (unpaired) electrons. The van der Waals surface area contributed by atoms with Crippen LogP contribution in [-0.2, 0) is 17.7 Å². The van der Waals surface area contributed by atoms with E-state index >= 15 is 0 Å². The molecule has 0 spiro atoms. The number of carbonyl (C=O) groups is 1. The Hall–Kier alpha value is -2.80. The number of aromatic carboxylic acids is 1. The number of aromatic nitrogens is 1. The standard InChI is InChI=1S/C21H23NO6/c1-26-13-3-4-14(8-13)28-20-7-12-5-6-22-11-16(21(24)25)18(23)10-17(22)15(12)9-19(20)27-2/h7,9-11,13-14H,3-6,8H2,1-2H3,(H,24,25). The van der Waals surface area contributed by atoms with Crippen LogP contribution in [0, 0.1) is 0 Å². The highest BCUT2D eigenvalue weighted by Crippen LogP contribution is 2.40. The Bertz CT molecular complexity index is 980. The molecule has 4 rings (SSSR count). The van der Waals surface area contributed by atoms with E-state index in [1.165, 1.54) is 12.3 Å². The molecular formula is C21H23NO6. The Morgan fingerprint density at radius 3 is 2.61 bits per heavy atom. The zero-order valence-electron chi connectivity index (χ0n) is 15.9. The number of aryl methyl sites for hydroxylation is 2. The number of ether oxygens (including phenoxy) is 3. The van der Waals surface area contributed by atoms with E-state index < -0.39 is 11.4 Å². The number of pyridine rings is 1. The van der Waals surface area contributed by atoms with E-state index in [4.69, 9.17) is 14.2 Å². The molecule has 1 aromatic heterocycles. The molecule has 2 heterocycles. The molecular weight excluding hydrogens is 362 g/mol. The second-order valence-corrected chi connectivity index (χ2v) is 7.26. The second kappa shape index (κ2) is 7.31. The molecule has 0 bridgehead atoms. The van der Waals surface area contributed by atoms with Crippen LogP contribution in [0.3, 0.4) is 0 Å². The summed E-state index contributed by atoms with van der Waals surface area (Å²) in [7, 11) is 3.31. The first-order valence-electron chi connectivity index (χ1n) is 9.38. The van der Waals surface area contributed by atoms with Gasteiger partial charge in [-0.05, 0) is 37.0 Å². The van der Waals surface area contributed by atoms with Crippen LogP contribution in [0.25, 0.3) is 11.3 Å². The van der Waals surface area contributed by atoms with Crippen LogP contribution in [-0.4, -0.2) is 42.1 Å². The largest absolute Gasteiger partial charge is 0.493 e. The molecule has 1 saturated carbocycles. The van der Waals surface area contributed by atoms with E-state index in [-0.39, 0.29) is 17.8 Å². The van der Waals surface area contributed by atoms with Crippen LogP contribution in [0.4, 0.5) is 0 Å². The Balaban J connectivity index is 1.70. The second-order valence-electron chi connectivity index (χ2n) is 7.26. The van der Waals surface area contributed by atoms with Gasteiger partial charge in [-0.1, -0.05) is 0 Å². The van der Waals surface area contributed by atoms with E-state index in [0.29, 0.717) is 23.7 Å². The van der Waals surface area contributed by atoms with E-state index in [9.17, 15) is 14.7 Å². The zero-order chi connectivity index (χ0) is 19.8. The summed E-state index contributed by atoms with van der Waals surface area (Å²) in [5, 5.41) is 9.19. The van der Waals surface area contributed by atoms with Crippen molar-refractivity contribution in [2.45, 2.75) is 44.4 Å². The Labute approximate surface area is 162 Å². The first-order valence-corrected chi connectivity index (χ1v) is 9.38. The van der Waals surface area contributed by atoms with Crippen LogP contribution >= 0.6 is 0 Å². The molecule has 1 aliphatic heterocycles. The normalized spacial score (nSPS) is 20.4. The van der Waals surface area contributed by atoms with Gasteiger partial charge in [-0.2, -0.15) is 0 Å². The summed E-state index contributed by atoms with van der Waals surface area (Å²) in [6.07, 6.45) is 5.24. The fraction of sp³-hybridized carbons (Fsp3) is 0.429. The van der Waals surface area contributed by atoms with Crippen LogP contribution in [0.1, 0.15) is 35.2 Å². The van der Waals surface area contributed by atoms with Gasteiger partial charge in [-0.15, -0.1) is 0 Å².